The molecule has 0 N–H and O–H groups in total. The molecule has 0 amide bonds. The Kier molecular flexibility index (Phi) is 8.69. The van der Waals surface area contributed by atoms with Crippen LogP contribution in [0.2, 0.25) is 0 Å². The minimum Gasteiger partial charge on any atom is -0.509 e. The van der Waals surface area contributed by atoms with Gasteiger partial charge in [-0.2, -0.15) is 12.1 Å². The number of aromatic nitrogens is 4. The number of pyridine rings is 1. The van der Waals surface area contributed by atoms with E-state index in [9.17, 15) is 0 Å². The molecule has 238 valence electrons. The first-order chi connectivity index (χ1) is 22.3. The first-order valence-corrected chi connectivity index (χ1v) is 15.2. The van der Waals surface area contributed by atoms with Crippen LogP contribution in [-0.4, -0.2) is 33.6 Å². The fourth-order valence-corrected chi connectivity index (χ4v) is 6.24. The second kappa shape index (κ2) is 12.7. The number of benzene rings is 4. The first-order valence-electron chi connectivity index (χ1n) is 15.2. The molecular weight excluding hydrogens is 768 g/mol. The molecule has 3 aromatic heterocycles. The molecule has 0 saturated heterocycles. The van der Waals surface area contributed by atoms with Crippen molar-refractivity contribution in [3.8, 4) is 45.9 Å². The number of methoxy groups -OCH3 is 2. The molecule has 0 aliphatic rings. The standard InChI is InChI=1S/C39H34N4O3.Pt/c1-23-17-18-40-35(19-23)42-33-14-9-8-13-31(33)32-16-15-30(22-34(32)42)46-29-12-10-11-28(21-29)43-39(45-7)37(38(41-43)44-6)36-26(4)24(2)20-25(3)27(36)5;/h8-20H,1-7H3;/q-2;+2. The molecule has 0 fully saturated rings. The SMILES string of the molecule is COc1nn(-c2[c-]c(Oc3[c-]c4c(cc3)c3ccccc3n4-c3cc(C)ccn3)ccc2)c(OC)c1-c1c(C)c(C)cc(C)c1C.[Pt+2]. The Morgan fingerprint density at radius 3 is 2.17 bits per heavy atom. The van der Waals surface area contributed by atoms with E-state index in [0.717, 1.165) is 55.4 Å². The zero-order valence-corrected chi connectivity index (χ0v) is 29.6. The quantitative estimate of drug-likeness (QED) is 0.151. The van der Waals surface area contributed by atoms with Gasteiger partial charge in [0, 0.05) is 23.2 Å². The van der Waals surface area contributed by atoms with Crippen LogP contribution in [0.3, 0.4) is 0 Å². The van der Waals surface area contributed by atoms with Gasteiger partial charge in [-0.3, -0.25) is 0 Å². The van der Waals surface area contributed by atoms with Crippen LogP contribution in [0.25, 0.3) is 44.4 Å². The summed E-state index contributed by atoms with van der Waals surface area (Å²) in [5, 5.41) is 7.02. The predicted molar refractivity (Wildman–Crippen MR) is 182 cm³/mol. The van der Waals surface area contributed by atoms with Gasteiger partial charge in [-0.1, -0.05) is 29.8 Å². The molecule has 47 heavy (non-hydrogen) atoms. The molecule has 7 aromatic rings. The third kappa shape index (κ3) is 5.49. The van der Waals surface area contributed by atoms with Crippen LogP contribution in [0.15, 0.2) is 79.0 Å². The Bertz CT molecular complexity index is 2260. The normalized spacial score (nSPS) is 11.1. The third-order valence-electron chi connectivity index (χ3n) is 8.70. The number of aryl methyl sites for hydroxylation is 3. The molecule has 0 aliphatic heterocycles. The summed E-state index contributed by atoms with van der Waals surface area (Å²) in [6, 6.07) is 31.2. The van der Waals surface area contributed by atoms with Gasteiger partial charge in [-0.05, 0) is 97.3 Å². The number of nitrogens with zero attached hydrogens (tertiary/aromatic N) is 4. The predicted octanol–water partition coefficient (Wildman–Crippen LogP) is 8.98. The monoisotopic (exact) mass is 801 g/mol. The van der Waals surface area contributed by atoms with Crippen LogP contribution in [0.4, 0.5) is 0 Å². The van der Waals surface area contributed by atoms with E-state index in [1.165, 1.54) is 11.1 Å². The second-order valence-corrected chi connectivity index (χ2v) is 11.6. The van der Waals surface area contributed by atoms with Crippen LogP contribution in [0.1, 0.15) is 27.8 Å². The first kappa shape index (κ1) is 32.1. The molecular formula is C39H34N4O3Pt. The molecule has 3 heterocycles. The summed E-state index contributed by atoms with van der Waals surface area (Å²) >= 11 is 0. The van der Waals surface area contributed by atoms with Gasteiger partial charge in [0.1, 0.15) is 11.4 Å². The van der Waals surface area contributed by atoms with Gasteiger partial charge in [-0.25, -0.2) is 9.67 Å². The van der Waals surface area contributed by atoms with Crippen molar-refractivity contribution in [1.82, 2.24) is 19.3 Å². The van der Waals surface area contributed by atoms with Gasteiger partial charge in [0.05, 0.1) is 14.2 Å². The summed E-state index contributed by atoms with van der Waals surface area (Å²) in [6.45, 7) is 10.5. The molecule has 7 rings (SSSR count). The molecule has 0 atom stereocenters. The van der Waals surface area contributed by atoms with Gasteiger partial charge < -0.3 is 18.8 Å². The summed E-state index contributed by atoms with van der Waals surface area (Å²) < 4.78 is 22.0. The molecule has 8 heteroatoms. The van der Waals surface area contributed by atoms with Crippen molar-refractivity contribution in [3.05, 3.63) is 119 Å². The maximum Gasteiger partial charge on any atom is 2.00 e. The Morgan fingerprint density at radius 2 is 1.45 bits per heavy atom. The molecule has 0 saturated carbocycles. The molecule has 0 spiro atoms. The van der Waals surface area contributed by atoms with E-state index in [0.29, 0.717) is 28.9 Å². The number of ether oxygens (including phenoxy) is 3. The third-order valence-corrected chi connectivity index (χ3v) is 8.70. The maximum absolute atomic E-state index is 6.39. The van der Waals surface area contributed by atoms with E-state index in [-0.39, 0.29) is 21.1 Å². The fraction of sp³-hybridized carbons (Fsp3) is 0.179. The number of hydrogen-bond donors (Lipinski definition) is 0. The number of para-hydroxylation sites is 1. The Hall–Kier alpha value is -4.87. The van der Waals surface area contributed by atoms with Crippen molar-refractivity contribution in [3.63, 3.8) is 0 Å². The molecule has 0 aliphatic carbocycles. The van der Waals surface area contributed by atoms with Crippen molar-refractivity contribution < 1.29 is 35.3 Å². The maximum atomic E-state index is 6.39. The van der Waals surface area contributed by atoms with Crippen LogP contribution >= 0.6 is 0 Å². The molecule has 0 bridgehead atoms. The second-order valence-electron chi connectivity index (χ2n) is 11.6. The van der Waals surface area contributed by atoms with Gasteiger partial charge in [0.25, 0.3) is 0 Å². The number of fused-ring (bicyclic) bond motifs is 3. The average molecular weight is 802 g/mol. The van der Waals surface area contributed by atoms with Gasteiger partial charge in [0.15, 0.2) is 0 Å². The number of rotatable bonds is 7. The topological polar surface area (TPSA) is 63.3 Å². The molecule has 0 radical (unpaired) electrons. The summed E-state index contributed by atoms with van der Waals surface area (Å²) in [6.07, 6.45) is 1.83. The average Bonchev–Trinajstić information content (AvgIpc) is 3.59. The van der Waals surface area contributed by atoms with Crippen molar-refractivity contribution in [2.45, 2.75) is 34.6 Å². The van der Waals surface area contributed by atoms with E-state index in [1.54, 1.807) is 18.9 Å². The minimum absolute atomic E-state index is 0. The molecule has 0 unspecified atom stereocenters. The van der Waals surface area contributed by atoms with Crippen molar-refractivity contribution in [2.24, 2.45) is 0 Å². The zero-order valence-electron chi connectivity index (χ0n) is 27.3. The number of hydrogen-bond acceptors (Lipinski definition) is 5. The van der Waals surface area contributed by atoms with E-state index >= 15 is 0 Å². The van der Waals surface area contributed by atoms with Crippen LogP contribution in [0.5, 0.6) is 23.3 Å². The molecule has 4 aromatic carbocycles. The summed E-state index contributed by atoms with van der Waals surface area (Å²) in [5.74, 6) is 2.94. The minimum atomic E-state index is 0. The van der Waals surface area contributed by atoms with E-state index in [1.807, 2.05) is 48.7 Å². The van der Waals surface area contributed by atoms with E-state index in [4.69, 9.17) is 19.3 Å². The van der Waals surface area contributed by atoms with Crippen molar-refractivity contribution in [2.75, 3.05) is 14.2 Å². The van der Waals surface area contributed by atoms with Gasteiger partial charge in [0.2, 0.25) is 11.8 Å². The zero-order chi connectivity index (χ0) is 32.1. The van der Waals surface area contributed by atoms with E-state index in [2.05, 4.69) is 86.6 Å². The summed E-state index contributed by atoms with van der Waals surface area (Å²) in [5.41, 5.74) is 10.3. The van der Waals surface area contributed by atoms with Crippen molar-refractivity contribution in [1.29, 1.82) is 0 Å². The summed E-state index contributed by atoms with van der Waals surface area (Å²) in [4.78, 5) is 4.68. The summed E-state index contributed by atoms with van der Waals surface area (Å²) in [7, 11) is 3.28. The van der Waals surface area contributed by atoms with E-state index < -0.39 is 0 Å². The Labute approximate surface area is 289 Å². The van der Waals surface area contributed by atoms with Crippen LogP contribution in [-0.2, 0) is 21.1 Å². The van der Waals surface area contributed by atoms with Crippen LogP contribution < -0.4 is 14.2 Å². The Balaban J connectivity index is 0.00000386. The van der Waals surface area contributed by atoms with Crippen molar-refractivity contribution >= 4 is 21.8 Å². The smallest absolute Gasteiger partial charge is 0.509 e. The molecule has 7 nitrogen and oxygen atoms in total. The van der Waals surface area contributed by atoms with Gasteiger partial charge >= 0.3 is 21.1 Å². The van der Waals surface area contributed by atoms with Gasteiger partial charge in [-0.15, -0.1) is 40.8 Å². The Morgan fingerprint density at radius 1 is 0.702 bits per heavy atom. The van der Waals surface area contributed by atoms with Crippen LogP contribution in [0, 0.1) is 46.8 Å². The fourth-order valence-electron chi connectivity index (χ4n) is 6.24. The largest absolute Gasteiger partial charge is 2.00 e.